The Kier molecular flexibility index (Phi) is 7.99. The Morgan fingerprint density at radius 3 is 0.825 bits per heavy atom. The number of benzene rings is 6. The van der Waals surface area contributed by atoms with Crippen molar-refractivity contribution in [3.05, 3.63) is 182 Å². The number of halogens is 1. The van der Waals surface area contributed by atoms with Crippen LogP contribution in [0.25, 0.3) is 0 Å². The quantitative estimate of drug-likeness (QED) is 0.164. The molecule has 6 aromatic carbocycles. The van der Waals surface area contributed by atoms with E-state index in [2.05, 4.69) is 198 Å². The third kappa shape index (κ3) is 4.53. The fourth-order valence-corrected chi connectivity index (χ4v) is 20.0. The van der Waals surface area contributed by atoms with Gasteiger partial charge in [-0.2, -0.15) is 0 Å². The van der Waals surface area contributed by atoms with Gasteiger partial charge in [-0.05, 0) is 68.2 Å². The summed E-state index contributed by atoms with van der Waals surface area (Å²) in [5, 5.41) is 8.04. The van der Waals surface area contributed by atoms with E-state index >= 15 is 0 Å². The normalized spacial score (nSPS) is 11.6. The number of hydrogen-bond acceptors (Lipinski definition) is 0. The standard InChI is InChI=1S/C37H30BrP2/c38-37(39(31-19-7-1-8-20-31,32-21-9-2-10-22-32)33-23-11-3-12-24-33)40(34-25-13-4-14-26-34,35-27-15-5-16-28-35)36-29-17-6-18-30-36/h1-30H/q+1. The maximum atomic E-state index is 4.56. The second-order valence-corrected chi connectivity index (χ2v) is 18.7. The summed E-state index contributed by atoms with van der Waals surface area (Å²) in [7, 11) is -2.38. The average Bonchev–Trinajstić information content (AvgIpc) is 3.05. The monoisotopic (exact) mass is 615 g/mol. The maximum absolute atomic E-state index is 4.56. The highest BCUT2D eigenvalue weighted by Gasteiger charge is 2.53. The van der Waals surface area contributed by atoms with E-state index in [1.165, 1.54) is 35.8 Å². The van der Waals surface area contributed by atoms with Crippen molar-refractivity contribution < 1.29 is 0 Å². The first-order valence-electron chi connectivity index (χ1n) is 13.4. The van der Waals surface area contributed by atoms with E-state index in [9.17, 15) is 0 Å². The van der Waals surface area contributed by atoms with Crippen molar-refractivity contribution in [2.24, 2.45) is 0 Å². The summed E-state index contributed by atoms with van der Waals surface area (Å²) >= 11 is 4.56. The van der Waals surface area contributed by atoms with E-state index < -0.39 is 14.1 Å². The van der Waals surface area contributed by atoms with E-state index in [1.54, 1.807) is 0 Å². The molecule has 0 saturated carbocycles. The molecule has 0 aliphatic rings. The van der Waals surface area contributed by atoms with Crippen LogP contribution in [0.2, 0.25) is 0 Å². The van der Waals surface area contributed by atoms with Crippen LogP contribution in [0.3, 0.4) is 0 Å². The van der Waals surface area contributed by atoms with E-state index in [-0.39, 0.29) is 0 Å². The minimum absolute atomic E-state index is 1.34. The van der Waals surface area contributed by atoms with Crippen LogP contribution in [-0.4, -0.2) is 3.94 Å². The molecule has 0 aromatic heterocycles. The van der Waals surface area contributed by atoms with Gasteiger partial charge in [-0.1, -0.05) is 146 Å². The van der Waals surface area contributed by atoms with Gasteiger partial charge in [0.15, 0.2) is 11.2 Å². The van der Waals surface area contributed by atoms with Crippen molar-refractivity contribution in [3.8, 4) is 0 Å². The van der Waals surface area contributed by atoms with E-state index in [1.807, 2.05) is 0 Å². The van der Waals surface area contributed by atoms with Crippen LogP contribution < -0.4 is 31.8 Å². The molecule has 0 saturated heterocycles. The highest BCUT2D eigenvalue weighted by Crippen LogP contribution is 2.67. The Hall–Kier alpha value is -3.47. The zero-order chi connectivity index (χ0) is 27.3. The summed E-state index contributed by atoms with van der Waals surface area (Å²) in [6.45, 7) is -2.38. The van der Waals surface area contributed by atoms with E-state index in [0.29, 0.717) is 0 Å². The molecule has 0 amide bonds. The zero-order valence-electron chi connectivity index (χ0n) is 22.1. The lowest BCUT2D eigenvalue weighted by molar-refractivity contribution is 1.73. The average molecular weight is 616 g/mol. The van der Waals surface area contributed by atoms with E-state index in [0.717, 1.165) is 0 Å². The Bertz CT molecular complexity index is 1520. The Labute approximate surface area is 246 Å². The van der Waals surface area contributed by atoms with Crippen molar-refractivity contribution in [3.63, 3.8) is 0 Å². The van der Waals surface area contributed by atoms with Crippen molar-refractivity contribution in [1.82, 2.24) is 0 Å². The van der Waals surface area contributed by atoms with Crippen LogP contribution in [0.5, 0.6) is 0 Å². The van der Waals surface area contributed by atoms with Crippen molar-refractivity contribution >= 4 is 65.8 Å². The Morgan fingerprint density at radius 1 is 0.350 bits per heavy atom. The molecule has 0 bridgehead atoms. The zero-order valence-corrected chi connectivity index (χ0v) is 25.5. The van der Waals surface area contributed by atoms with Crippen LogP contribution in [0, 0.1) is 0 Å². The second kappa shape index (κ2) is 12.0. The topological polar surface area (TPSA) is 0 Å². The molecule has 0 heterocycles. The molecule has 0 radical (unpaired) electrons. The molecule has 6 aromatic rings. The first-order valence-corrected chi connectivity index (χ1v) is 17.8. The lowest BCUT2D eigenvalue weighted by Gasteiger charge is -2.36. The molecule has 194 valence electrons. The molecular formula is C37H30BrP2+. The van der Waals surface area contributed by atoms with Crippen molar-refractivity contribution in [2.45, 2.75) is 0 Å². The third-order valence-electron chi connectivity index (χ3n) is 7.41. The van der Waals surface area contributed by atoms with Gasteiger partial charge in [0.25, 0.3) is 0 Å². The van der Waals surface area contributed by atoms with Gasteiger partial charge in [-0.25, -0.2) is 0 Å². The third-order valence-corrected chi connectivity index (χ3v) is 19.9. The molecule has 3 heteroatoms. The smallest absolute Gasteiger partial charge is 0.0622 e. The molecule has 0 spiro atoms. The van der Waals surface area contributed by atoms with Crippen LogP contribution >= 0.6 is 30.1 Å². The first-order chi connectivity index (χ1) is 19.8. The van der Waals surface area contributed by atoms with Gasteiger partial charge in [0.2, 0.25) is 0 Å². The molecule has 0 N–H and O–H groups in total. The summed E-state index contributed by atoms with van der Waals surface area (Å²) in [4.78, 5) is 0. The molecule has 6 rings (SSSR count). The summed E-state index contributed by atoms with van der Waals surface area (Å²) in [5.41, 5.74) is 0. The Morgan fingerprint density at radius 2 is 0.575 bits per heavy atom. The lowest BCUT2D eigenvalue weighted by atomic mass is 10.4. The summed E-state index contributed by atoms with van der Waals surface area (Å²) in [6, 6.07) is 66.8. The first kappa shape index (κ1) is 26.7. The lowest BCUT2D eigenvalue weighted by Crippen LogP contribution is -2.39. The molecule has 40 heavy (non-hydrogen) atoms. The molecule has 0 atom stereocenters. The highest BCUT2D eigenvalue weighted by molar-refractivity contribution is 9.23. The van der Waals surface area contributed by atoms with Gasteiger partial charge >= 0.3 is 0 Å². The van der Waals surface area contributed by atoms with E-state index in [4.69, 9.17) is 0 Å². The van der Waals surface area contributed by atoms with Crippen LogP contribution in [0.1, 0.15) is 0 Å². The molecule has 0 fully saturated rings. The molecule has 0 nitrogen and oxygen atoms in total. The minimum Gasteiger partial charge on any atom is -0.0622 e. The predicted octanol–water partition coefficient (Wildman–Crippen LogP) is 7.46. The minimum atomic E-state index is -2.38. The van der Waals surface area contributed by atoms with Gasteiger partial charge in [0.1, 0.15) is 15.9 Å². The molecule has 0 aliphatic carbocycles. The fraction of sp³-hybridized carbons (Fsp3) is 0. The second-order valence-electron chi connectivity index (χ2n) is 9.62. The molecule has 0 unspecified atom stereocenters. The largest absolute Gasteiger partial charge is 0.158 e. The highest BCUT2D eigenvalue weighted by atomic mass is 79.9. The Balaban J connectivity index is 1.94. The fourth-order valence-electron chi connectivity index (χ4n) is 5.67. The van der Waals surface area contributed by atoms with Crippen LogP contribution in [0.4, 0.5) is 0 Å². The van der Waals surface area contributed by atoms with Crippen molar-refractivity contribution in [1.29, 1.82) is 0 Å². The maximum Gasteiger partial charge on any atom is 0.158 e. The van der Waals surface area contributed by atoms with Crippen LogP contribution in [-0.2, 0) is 0 Å². The molecule has 0 aliphatic heterocycles. The van der Waals surface area contributed by atoms with Gasteiger partial charge in [0, 0.05) is 6.89 Å². The molecular weight excluding hydrogens is 586 g/mol. The summed E-state index contributed by atoms with van der Waals surface area (Å²) in [5.74, 6) is 0. The van der Waals surface area contributed by atoms with Gasteiger partial charge in [-0.15, -0.1) is 0 Å². The SMILES string of the molecule is BrC(=P(c1ccccc1)(c1ccccc1)c1ccccc1)[P+](c1ccccc1)(c1ccccc1)c1ccccc1. The summed E-state index contributed by atoms with van der Waals surface area (Å²) in [6.07, 6.45) is 0. The number of hydrogen-bond donors (Lipinski definition) is 0. The van der Waals surface area contributed by atoms with Crippen molar-refractivity contribution in [2.75, 3.05) is 0 Å². The van der Waals surface area contributed by atoms with Crippen LogP contribution in [0.15, 0.2) is 182 Å². The predicted molar refractivity (Wildman–Crippen MR) is 184 cm³/mol. The van der Waals surface area contributed by atoms with Gasteiger partial charge in [-0.3, -0.25) is 0 Å². The number of rotatable bonds is 7. The van der Waals surface area contributed by atoms with Gasteiger partial charge in [0.05, 0.1) is 0 Å². The summed E-state index contributed by atoms with van der Waals surface area (Å²) < 4.78 is 1.36. The van der Waals surface area contributed by atoms with Gasteiger partial charge < -0.3 is 0 Å².